The predicted molar refractivity (Wildman–Crippen MR) is 70.2 cm³/mol. The fourth-order valence-electron chi connectivity index (χ4n) is 1.83. The first-order chi connectivity index (χ1) is 8.59. The minimum absolute atomic E-state index is 0.525. The van der Waals surface area contributed by atoms with E-state index in [1.165, 1.54) is 0 Å². The third-order valence-electron chi connectivity index (χ3n) is 3.07. The maximum absolute atomic E-state index is 11.4. The van der Waals surface area contributed by atoms with Crippen LogP contribution in [0.15, 0.2) is 0 Å². The first-order valence-electron chi connectivity index (χ1n) is 6.52. The number of amides is 2. The van der Waals surface area contributed by atoms with E-state index in [-0.39, 0.29) is 0 Å². The zero-order valence-electron chi connectivity index (χ0n) is 11.4. The fraction of sp³-hybridized carbons (Fsp3) is 0.833. The summed E-state index contributed by atoms with van der Waals surface area (Å²) in [5.41, 5.74) is 0. The lowest BCUT2D eigenvalue weighted by atomic mass is 10.3. The lowest BCUT2D eigenvalue weighted by Crippen LogP contribution is -2.42. The molecule has 0 aromatic carbocycles. The topological polar surface area (TPSA) is 64.7 Å². The number of carbonyl (C=O) groups is 2. The van der Waals surface area contributed by atoms with Crippen LogP contribution in [0, 0.1) is 0 Å². The Balaban J connectivity index is 2.42. The molecular weight excluding hydrogens is 232 g/mol. The fourth-order valence-corrected chi connectivity index (χ4v) is 1.83. The molecular formula is C12H24N4O2. The molecule has 0 unspecified atom stereocenters. The second kappa shape index (κ2) is 8.05. The predicted octanol–water partition coefficient (Wildman–Crippen LogP) is -1.12. The van der Waals surface area contributed by atoms with Crippen LogP contribution in [0.5, 0.6) is 0 Å². The molecule has 6 heteroatoms. The summed E-state index contributed by atoms with van der Waals surface area (Å²) in [6, 6.07) is 0. The van der Waals surface area contributed by atoms with Gasteiger partial charge in [0.1, 0.15) is 0 Å². The van der Waals surface area contributed by atoms with E-state index < -0.39 is 11.8 Å². The smallest absolute Gasteiger partial charge is 0.309 e. The van der Waals surface area contributed by atoms with Crippen molar-refractivity contribution in [2.24, 2.45) is 0 Å². The molecule has 2 amide bonds. The van der Waals surface area contributed by atoms with Gasteiger partial charge in [-0.15, -0.1) is 0 Å². The number of rotatable bonds is 0. The van der Waals surface area contributed by atoms with Crippen molar-refractivity contribution in [2.75, 3.05) is 53.4 Å². The largest absolute Gasteiger partial charge is 0.348 e. The molecule has 1 aliphatic heterocycles. The normalized spacial score (nSPS) is 23.0. The van der Waals surface area contributed by atoms with Crippen molar-refractivity contribution >= 4 is 11.8 Å². The number of nitrogens with one attached hydrogen (secondary N) is 2. The van der Waals surface area contributed by atoms with Crippen LogP contribution >= 0.6 is 0 Å². The Labute approximate surface area is 109 Å². The summed E-state index contributed by atoms with van der Waals surface area (Å²) in [5, 5.41) is 5.26. The van der Waals surface area contributed by atoms with Gasteiger partial charge in [-0.3, -0.25) is 9.59 Å². The average Bonchev–Trinajstić information content (AvgIpc) is 2.35. The molecule has 1 fully saturated rings. The Morgan fingerprint density at radius 1 is 0.778 bits per heavy atom. The van der Waals surface area contributed by atoms with Gasteiger partial charge in [-0.25, -0.2) is 0 Å². The van der Waals surface area contributed by atoms with Gasteiger partial charge >= 0.3 is 11.8 Å². The van der Waals surface area contributed by atoms with Gasteiger partial charge in [-0.2, -0.15) is 0 Å². The lowest BCUT2D eigenvalue weighted by molar-refractivity contribution is -0.139. The molecule has 1 heterocycles. The minimum atomic E-state index is -0.525. The van der Waals surface area contributed by atoms with Crippen LogP contribution in [-0.4, -0.2) is 75.0 Å². The molecule has 104 valence electrons. The van der Waals surface area contributed by atoms with Crippen molar-refractivity contribution < 1.29 is 9.59 Å². The quantitative estimate of drug-likeness (QED) is 0.539. The number of nitrogens with zero attached hydrogens (tertiary/aromatic N) is 2. The van der Waals surface area contributed by atoms with Crippen molar-refractivity contribution in [3.63, 3.8) is 0 Å². The van der Waals surface area contributed by atoms with Crippen molar-refractivity contribution in [1.82, 2.24) is 20.4 Å². The highest BCUT2D eigenvalue weighted by Crippen LogP contribution is 1.92. The van der Waals surface area contributed by atoms with E-state index in [0.29, 0.717) is 13.1 Å². The van der Waals surface area contributed by atoms with Gasteiger partial charge in [-0.05, 0) is 40.0 Å². The molecule has 0 aromatic heterocycles. The van der Waals surface area contributed by atoms with Gasteiger partial charge in [0.25, 0.3) is 0 Å². The molecule has 18 heavy (non-hydrogen) atoms. The van der Waals surface area contributed by atoms with Crippen LogP contribution in [0.1, 0.15) is 12.8 Å². The standard InChI is InChI=1S/C12H24N4O2/c1-15-7-3-5-13-11(17)12(18)14-6-4-8-16(2)10-9-15/h3-10H2,1-2H3,(H,13,17)(H,14,18). The molecule has 0 saturated carbocycles. The SMILES string of the molecule is CN1CCCNC(=O)C(=O)NCCCN(C)CC1. The Hall–Kier alpha value is -1.14. The highest BCUT2D eigenvalue weighted by Gasteiger charge is 2.12. The summed E-state index contributed by atoms with van der Waals surface area (Å²) < 4.78 is 0. The zero-order chi connectivity index (χ0) is 13.4. The van der Waals surface area contributed by atoms with Crippen LogP contribution in [0.3, 0.4) is 0 Å². The summed E-state index contributed by atoms with van der Waals surface area (Å²) in [4.78, 5) is 27.3. The first kappa shape index (κ1) is 14.9. The molecule has 0 aromatic rings. The Kier molecular flexibility index (Phi) is 6.67. The average molecular weight is 256 g/mol. The molecule has 1 rings (SSSR count). The molecule has 2 N–H and O–H groups in total. The summed E-state index contributed by atoms with van der Waals surface area (Å²) in [6.07, 6.45) is 1.72. The first-order valence-corrected chi connectivity index (χ1v) is 6.52. The zero-order valence-corrected chi connectivity index (χ0v) is 11.4. The van der Waals surface area contributed by atoms with E-state index in [0.717, 1.165) is 39.0 Å². The molecule has 0 aliphatic carbocycles. The van der Waals surface area contributed by atoms with Crippen LogP contribution in [0.4, 0.5) is 0 Å². The minimum Gasteiger partial charge on any atom is -0.348 e. The molecule has 6 nitrogen and oxygen atoms in total. The lowest BCUT2D eigenvalue weighted by Gasteiger charge is -2.22. The summed E-state index contributed by atoms with van der Waals surface area (Å²) in [5.74, 6) is -1.05. The maximum Gasteiger partial charge on any atom is 0.309 e. The molecule has 0 bridgehead atoms. The number of hydrogen-bond acceptors (Lipinski definition) is 4. The van der Waals surface area contributed by atoms with Crippen LogP contribution in [-0.2, 0) is 9.59 Å². The van der Waals surface area contributed by atoms with E-state index >= 15 is 0 Å². The van der Waals surface area contributed by atoms with Gasteiger partial charge in [0.05, 0.1) is 0 Å². The Morgan fingerprint density at radius 2 is 1.17 bits per heavy atom. The van der Waals surface area contributed by atoms with Gasteiger partial charge in [0, 0.05) is 26.2 Å². The monoisotopic (exact) mass is 256 g/mol. The molecule has 0 spiro atoms. The van der Waals surface area contributed by atoms with Crippen LogP contribution in [0.2, 0.25) is 0 Å². The number of carbonyl (C=O) groups excluding carboxylic acids is 2. The van der Waals surface area contributed by atoms with Crippen LogP contribution < -0.4 is 10.6 Å². The summed E-state index contributed by atoms with van der Waals surface area (Å²) in [6.45, 7) is 5.00. The van der Waals surface area contributed by atoms with Gasteiger partial charge in [0.2, 0.25) is 0 Å². The van der Waals surface area contributed by atoms with Crippen molar-refractivity contribution in [2.45, 2.75) is 12.8 Å². The van der Waals surface area contributed by atoms with E-state index in [1.54, 1.807) is 0 Å². The Bertz CT molecular complexity index is 255. The van der Waals surface area contributed by atoms with E-state index in [2.05, 4.69) is 34.5 Å². The van der Waals surface area contributed by atoms with Gasteiger partial charge in [0.15, 0.2) is 0 Å². The second-order valence-corrected chi connectivity index (χ2v) is 4.83. The molecule has 0 radical (unpaired) electrons. The summed E-state index contributed by atoms with van der Waals surface area (Å²) in [7, 11) is 4.16. The third-order valence-corrected chi connectivity index (χ3v) is 3.07. The van der Waals surface area contributed by atoms with Crippen molar-refractivity contribution in [3.05, 3.63) is 0 Å². The van der Waals surface area contributed by atoms with E-state index in [9.17, 15) is 9.59 Å². The highest BCUT2D eigenvalue weighted by molar-refractivity contribution is 6.35. The van der Waals surface area contributed by atoms with Gasteiger partial charge < -0.3 is 20.4 Å². The number of hydrogen-bond donors (Lipinski definition) is 2. The van der Waals surface area contributed by atoms with Gasteiger partial charge in [-0.1, -0.05) is 0 Å². The third kappa shape index (κ3) is 5.97. The molecule has 0 atom stereocenters. The van der Waals surface area contributed by atoms with Crippen molar-refractivity contribution in [3.8, 4) is 0 Å². The molecule has 1 saturated heterocycles. The Morgan fingerprint density at radius 3 is 1.56 bits per heavy atom. The number of likely N-dealkylation sites (N-methyl/N-ethyl adjacent to an activating group) is 2. The van der Waals surface area contributed by atoms with E-state index in [1.807, 2.05) is 0 Å². The maximum atomic E-state index is 11.4. The molecule has 1 aliphatic rings. The second-order valence-electron chi connectivity index (χ2n) is 4.83. The van der Waals surface area contributed by atoms with Crippen LogP contribution in [0.25, 0.3) is 0 Å². The summed E-state index contributed by atoms with van der Waals surface area (Å²) >= 11 is 0. The van der Waals surface area contributed by atoms with E-state index in [4.69, 9.17) is 0 Å². The highest BCUT2D eigenvalue weighted by atomic mass is 16.2. The van der Waals surface area contributed by atoms with Crippen molar-refractivity contribution in [1.29, 1.82) is 0 Å².